The highest BCUT2D eigenvalue weighted by Gasteiger charge is 2.31. The van der Waals surface area contributed by atoms with Gasteiger partial charge in [0.2, 0.25) is 0 Å². The zero-order chi connectivity index (χ0) is 16.3. The van der Waals surface area contributed by atoms with Crippen LogP contribution in [0.3, 0.4) is 0 Å². The summed E-state index contributed by atoms with van der Waals surface area (Å²) in [5, 5.41) is 1.54. The first-order valence-corrected chi connectivity index (χ1v) is 5.42. The van der Waals surface area contributed by atoms with E-state index >= 15 is 0 Å². The van der Waals surface area contributed by atoms with Crippen LogP contribution >= 0.6 is 0 Å². The van der Waals surface area contributed by atoms with E-state index in [-0.39, 0.29) is 11.4 Å². The quantitative estimate of drug-likeness (QED) is 0.662. The lowest BCUT2D eigenvalue weighted by atomic mass is 10.2. The van der Waals surface area contributed by atoms with Gasteiger partial charge in [-0.05, 0) is 18.2 Å². The third-order valence-electron chi connectivity index (χ3n) is 2.18. The van der Waals surface area contributed by atoms with E-state index in [1.165, 1.54) is 5.32 Å². The predicted octanol–water partition coefficient (Wildman–Crippen LogP) is 2.34. The second kappa shape index (κ2) is 6.10. The van der Waals surface area contributed by atoms with Gasteiger partial charge in [-0.3, -0.25) is 4.79 Å². The minimum atomic E-state index is -4.59. The van der Waals surface area contributed by atoms with E-state index in [1.54, 1.807) is 0 Å². The molecule has 0 unspecified atom stereocenters. The Morgan fingerprint density at radius 3 is 2.29 bits per heavy atom. The van der Waals surface area contributed by atoms with Crippen LogP contribution in [-0.2, 0) is 11.0 Å². The van der Waals surface area contributed by atoms with E-state index in [4.69, 9.17) is 10.5 Å². The van der Waals surface area contributed by atoms with Gasteiger partial charge in [-0.15, -0.1) is 0 Å². The molecule has 0 saturated carbocycles. The first-order valence-electron chi connectivity index (χ1n) is 5.42. The number of alkyl halides is 6. The topological polar surface area (TPSA) is 64.3 Å². The second-order valence-electron chi connectivity index (χ2n) is 3.93. The number of halogens is 6. The van der Waals surface area contributed by atoms with Gasteiger partial charge in [0.1, 0.15) is 12.3 Å². The highest BCUT2D eigenvalue weighted by Crippen LogP contribution is 2.33. The summed E-state index contributed by atoms with van der Waals surface area (Å²) in [7, 11) is 0. The van der Waals surface area contributed by atoms with Crippen LogP contribution in [-0.4, -0.2) is 25.2 Å². The van der Waals surface area contributed by atoms with Crippen LogP contribution < -0.4 is 15.8 Å². The predicted molar refractivity (Wildman–Crippen MR) is 60.4 cm³/mol. The maximum Gasteiger partial charge on any atom is 0.416 e. The van der Waals surface area contributed by atoms with Crippen molar-refractivity contribution >= 4 is 11.6 Å². The first-order chi connectivity index (χ1) is 9.49. The molecule has 118 valence electrons. The summed E-state index contributed by atoms with van der Waals surface area (Å²) in [4.78, 5) is 11.0. The van der Waals surface area contributed by atoms with Crippen molar-refractivity contribution in [1.82, 2.24) is 5.32 Å². The van der Waals surface area contributed by atoms with Crippen molar-refractivity contribution in [1.29, 1.82) is 0 Å². The minimum absolute atomic E-state index is 0.231. The number of nitrogen functional groups attached to an aromatic ring is 1. The minimum Gasteiger partial charge on any atom is -0.482 e. The van der Waals surface area contributed by atoms with E-state index in [1.807, 2.05) is 0 Å². The Balaban J connectivity index is 2.58. The SMILES string of the molecule is Nc1cc(C(F)(F)F)ccc1OCC(=O)NCC(F)(F)F. The largest absolute Gasteiger partial charge is 0.482 e. The lowest BCUT2D eigenvalue weighted by Crippen LogP contribution is -2.36. The van der Waals surface area contributed by atoms with Crippen LogP contribution in [0.1, 0.15) is 5.56 Å². The summed E-state index contributed by atoms with van der Waals surface area (Å²) in [6.45, 7) is -2.33. The van der Waals surface area contributed by atoms with Gasteiger partial charge in [-0.2, -0.15) is 26.3 Å². The molecule has 0 aliphatic heterocycles. The fraction of sp³-hybridized carbons (Fsp3) is 0.364. The summed E-state index contributed by atoms with van der Waals surface area (Å²) in [6, 6.07) is 2.16. The van der Waals surface area contributed by atoms with Gasteiger partial charge in [0, 0.05) is 0 Å². The molecule has 1 rings (SSSR count). The number of benzene rings is 1. The molecule has 4 nitrogen and oxygen atoms in total. The number of rotatable bonds is 4. The molecule has 10 heteroatoms. The lowest BCUT2D eigenvalue weighted by Gasteiger charge is -2.12. The molecule has 0 atom stereocenters. The average Bonchev–Trinajstić information content (AvgIpc) is 2.32. The molecule has 0 fully saturated rings. The highest BCUT2D eigenvalue weighted by molar-refractivity contribution is 5.77. The number of amides is 1. The number of carbonyl (C=O) groups is 1. The number of ether oxygens (including phenoxy) is 1. The maximum atomic E-state index is 12.4. The third kappa shape index (κ3) is 5.79. The van der Waals surface area contributed by atoms with Gasteiger partial charge in [0.25, 0.3) is 5.91 Å². The smallest absolute Gasteiger partial charge is 0.416 e. The van der Waals surface area contributed by atoms with Crippen LogP contribution in [0.2, 0.25) is 0 Å². The molecule has 0 aromatic heterocycles. The Hall–Kier alpha value is -2.13. The van der Waals surface area contributed by atoms with E-state index < -0.39 is 37.0 Å². The number of hydrogen-bond acceptors (Lipinski definition) is 3. The van der Waals surface area contributed by atoms with Crippen LogP contribution in [0.5, 0.6) is 5.75 Å². The zero-order valence-electron chi connectivity index (χ0n) is 10.3. The van der Waals surface area contributed by atoms with Crippen molar-refractivity contribution in [3.8, 4) is 5.75 Å². The highest BCUT2D eigenvalue weighted by atomic mass is 19.4. The Kier molecular flexibility index (Phi) is 4.92. The summed E-state index contributed by atoms with van der Waals surface area (Å²) >= 11 is 0. The van der Waals surface area contributed by atoms with Crippen LogP contribution in [0.4, 0.5) is 32.0 Å². The van der Waals surface area contributed by atoms with Gasteiger partial charge < -0.3 is 15.8 Å². The van der Waals surface area contributed by atoms with Crippen LogP contribution in [0.15, 0.2) is 18.2 Å². The Bertz CT molecular complexity index is 512. The van der Waals surface area contributed by atoms with Crippen molar-refractivity contribution in [2.45, 2.75) is 12.4 Å². The Morgan fingerprint density at radius 2 is 1.81 bits per heavy atom. The molecule has 0 spiro atoms. The van der Waals surface area contributed by atoms with Crippen molar-refractivity contribution in [2.75, 3.05) is 18.9 Å². The lowest BCUT2D eigenvalue weighted by molar-refractivity contribution is -0.139. The van der Waals surface area contributed by atoms with E-state index in [0.29, 0.717) is 12.1 Å². The van der Waals surface area contributed by atoms with Gasteiger partial charge in [-0.25, -0.2) is 0 Å². The molecule has 0 heterocycles. The molecule has 0 aliphatic carbocycles. The fourth-order valence-corrected chi connectivity index (χ4v) is 1.25. The van der Waals surface area contributed by atoms with Crippen LogP contribution in [0, 0.1) is 0 Å². The van der Waals surface area contributed by atoms with Crippen molar-refractivity contribution in [2.24, 2.45) is 0 Å². The molecule has 3 N–H and O–H groups in total. The van der Waals surface area contributed by atoms with Gasteiger partial charge in [0.05, 0.1) is 11.3 Å². The normalized spacial score (nSPS) is 12.1. The maximum absolute atomic E-state index is 12.4. The number of hydrogen-bond donors (Lipinski definition) is 2. The summed E-state index contributed by atoms with van der Waals surface area (Å²) < 4.78 is 77.3. The van der Waals surface area contributed by atoms with E-state index in [0.717, 1.165) is 6.07 Å². The molecule has 1 amide bonds. The molecular weight excluding hydrogens is 306 g/mol. The van der Waals surface area contributed by atoms with Crippen molar-refractivity contribution < 1.29 is 35.9 Å². The fourth-order valence-electron chi connectivity index (χ4n) is 1.25. The molecule has 0 radical (unpaired) electrons. The second-order valence-corrected chi connectivity index (χ2v) is 3.93. The van der Waals surface area contributed by atoms with Gasteiger partial charge in [-0.1, -0.05) is 0 Å². The number of carbonyl (C=O) groups excluding carboxylic acids is 1. The van der Waals surface area contributed by atoms with Crippen molar-refractivity contribution in [3.63, 3.8) is 0 Å². The Labute approximate surface area is 114 Å². The number of anilines is 1. The Morgan fingerprint density at radius 1 is 1.19 bits per heavy atom. The van der Waals surface area contributed by atoms with Crippen LogP contribution in [0.25, 0.3) is 0 Å². The number of nitrogens with two attached hydrogens (primary N) is 1. The first kappa shape index (κ1) is 16.9. The van der Waals surface area contributed by atoms with E-state index in [2.05, 4.69) is 0 Å². The molecular formula is C11H10F6N2O2. The summed E-state index contributed by atoms with van der Waals surface area (Å²) in [6.07, 6.45) is -9.15. The monoisotopic (exact) mass is 316 g/mol. The number of nitrogens with one attached hydrogen (secondary N) is 1. The third-order valence-corrected chi connectivity index (χ3v) is 2.18. The summed E-state index contributed by atoms with van der Waals surface area (Å²) in [5.74, 6) is -1.31. The van der Waals surface area contributed by atoms with Crippen molar-refractivity contribution in [3.05, 3.63) is 23.8 Å². The molecule has 0 bridgehead atoms. The van der Waals surface area contributed by atoms with Gasteiger partial charge >= 0.3 is 12.4 Å². The zero-order valence-corrected chi connectivity index (χ0v) is 10.3. The standard InChI is InChI=1S/C11H10F6N2O2/c12-10(13,14)5-19-9(20)4-21-8-2-1-6(3-7(8)18)11(15,16)17/h1-3H,4-5,18H2,(H,19,20). The molecule has 0 saturated heterocycles. The van der Waals surface area contributed by atoms with E-state index in [9.17, 15) is 31.1 Å². The molecule has 1 aromatic carbocycles. The molecule has 21 heavy (non-hydrogen) atoms. The molecule has 0 aliphatic rings. The summed E-state index contributed by atoms with van der Waals surface area (Å²) in [5.41, 5.74) is 3.92. The van der Waals surface area contributed by atoms with Gasteiger partial charge in [0.15, 0.2) is 6.61 Å². The molecule has 1 aromatic rings. The average molecular weight is 316 g/mol.